The molecule has 4 rings (SSSR count). The summed E-state index contributed by atoms with van der Waals surface area (Å²) < 4.78 is 0. The molecule has 1 aliphatic heterocycles. The first-order valence-corrected chi connectivity index (χ1v) is 8.59. The topological polar surface area (TPSA) is 74.8 Å². The molecule has 1 aromatic heterocycles. The van der Waals surface area contributed by atoms with E-state index in [4.69, 9.17) is 0 Å². The minimum absolute atomic E-state index is 0.125. The Morgan fingerprint density at radius 3 is 2.54 bits per heavy atom. The fourth-order valence-electron chi connectivity index (χ4n) is 3.59. The molecule has 0 fully saturated rings. The van der Waals surface area contributed by atoms with E-state index in [1.54, 1.807) is 0 Å². The number of H-pyrrole nitrogens is 1. The fourth-order valence-corrected chi connectivity index (χ4v) is 3.59. The van der Waals surface area contributed by atoms with Crippen molar-refractivity contribution in [2.24, 2.45) is 0 Å². The molecule has 1 amide bonds. The molecule has 0 bridgehead atoms. The number of nitrogens with one attached hydrogen (secondary N) is 2. The highest BCUT2D eigenvalue weighted by atomic mass is 16.2. The van der Waals surface area contributed by atoms with E-state index in [1.165, 1.54) is 0 Å². The lowest BCUT2D eigenvalue weighted by molar-refractivity contribution is -0.116. The molecule has 1 atom stereocenters. The van der Waals surface area contributed by atoms with Gasteiger partial charge in [-0.2, -0.15) is 0 Å². The van der Waals surface area contributed by atoms with Crippen molar-refractivity contribution in [1.82, 2.24) is 9.97 Å². The summed E-state index contributed by atoms with van der Waals surface area (Å²) in [4.78, 5) is 32.6. The van der Waals surface area contributed by atoms with Gasteiger partial charge in [0.25, 0.3) is 5.56 Å². The van der Waals surface area contributed by atoms with Gasteiger partial charge in [-0.25, -0.2) is 4.98 Å². The Kier molecular flexibility index (Phi) is 3.92. The number of aromatic nitrogens is 2. The van der Waals surface area contributed by atoms with Gasteiger partial charge in [-0.3, -0.25) is 9.59 Å². The van der Waals surface area contributed by atoms with Crippen LogP contribution in [-0.4, -0.2) is 15.9 Å². The molecule has 5 heteroatoms. The van der Waals surface area contributed by atoms with Crippen molar-refractivity contribution in [3.8, 4) is 11.4 Å². The van der Waals surface area contributed by atoms with Crippen LogP contribution < -0.4 is 10.9 Å². The van der Waals surface area contributed by atoms with Gasteiger partial charge in [-0.1, -0.05) is 54.1 Å². The third kappa shape index (κ3) is 2.81. The molecule has 0 radical (unpaired) electrons. The van der Waals surface area contributed by atoms with E-state index in [9.17, 15) is 9.59 Å². The highest BCUT2D eigenvalue weighted by molar-refractivity contribution is 5.94. The van der Waals surface area contributed by atoms with Crippen molar-refractivity contribution in [2.45, 2.75) is 26.2 Å². The molecule has 0 aliphatic carbocycles. The minimum Gasteiger partial charge on any atom is -0.310 e. The molecular weight excluding hydrogens is 326 g/mol. The molecule has 0 saturated carbocycles. The van der Waals surface area contributed by atoms with Crippen molar-refractivity contribution in [1.29, 1.82) is 0 Å². The Morgan fingerprint density at radius 1 is 1.04 bits per heavy atom. The summed E-state index contributed by atoms with van der Waals surface area (Å²) in [6.45, 7) is 4.03. The maximum absolute atomic E-state index is 12.9. The number of hydrogen-bond donors (Lipinski definition) is 2. The molecule has 26 heavy (non-hydrogen) atoms. The van der Waals surface area contributed by atoms with Gasteiger partial charge in [0.15, 0.2) is 0 Å². The van der Waals surface area contributed by atoms with Crippen molar-refractivity contribution in [2.75, 3.05) is 5.32 Å². The summed E-state index contributed by atoms with van der Waals surface area (Å²) in [6, 6.07) is 15.5. The molecule has 5 nitrogen and oxygen atoms in total. The van der Waals surface area contributed by atoms with Gasteiger partial charge in [0.1, 0.15) is 11.6 Å². The van der Waals surface area contributed by atoms with Crippen LogP contribution in [-0.2, 0) is 4.79 Å². The lowest BCUT2D eigenvalue weighted by Gasteiger charge is -2.26. The summed E-state index contributed by atoms with van der Waals surface area (Å²) in [5.41, 5.74) is 4.33. The lowest BCUT2D eigenvalue weighted by atomic mass is 9.84. The van der Waals surface area contributed by atoms with E-state index in [0.717, 1.165) is 22.3 Å². The smallest absolute Gasteiger partial charge is 0.257 e. The van der Waals surface area contributed by atoms with Crippen LogP contribution in [0.25, 0.3) is 11.4 Å². The normalized spacial score (nSPS) is 16.1. The summed E-state index contributed by atoms with van der Waals surface area (Å²) >= 11 is 0. The molecular formula is C21H19N3O2. The third-order valence-corrected chi connectivity index (χ3v) is 4.80. The predicted octanol–water partition coefficient (Wildman–Crippen LogP) is 3.53. The lowest BCUT2D eigenvalue weighted by Crippen LogP contribution is -2.31. The number of anilines is 1. The Hall–Kier alpha value is -3.21. The van der Waals surface area contributed by atoms with Crippen LogP contribution >= 0.6 is 0 Å². The summed E-state index contributed by atoms with van der Waals surface area (Å²) in [5, 5.41) is 2.77. The van der Waals surface area contributed by atoms with Gasteiger partial charge in [-0.15, -0.1) is 0 Å². The average molecular weight is 345 g/mol. The van der Waals surface area contributed by atoms with Crippen LogP contribution in [0.15, 0.2) is 53.3 Å². The van der Waals surface area contributed by atoms with Crippen molar-refractivity contribution in [3.63, 3.8) is 0 Å². The summed E-state index contributed by atoms with van der Waals surface area (Å²) in [6.07, 6.45) is 0.242. The number of rotatable bonds is 2. The SMILES string of the molecule is Cc1ccc(C2CC(=O)Nc3nc(-c4ccccc4)[nH]c(=O)c32)c(C)c1. The van der Waals surface area contributed by atoms with Crippen molar-refractivity contribution in [3.05, 3.63) is 81.1 Å². The molecule has 130 valence electrons. The molecule has 3 aromatic rings. The largest absolute Gasteiger partial charge is 0.310 e. The van der Waals surface area contributed by atoms with Gasteiger partial charge in [0.2, 0.25) is 5.91 Å². The molecule has 1 aliphatic rings. The standard InChI is InChI=1S/C21H19N3O2/c1-12-8-9-15(13(2)10-12)16-11-17(25)22-20-18(16)21(26)24-19(23-20)14-6-4-3-5-7-14/h3-10,16H,11H2,1-2H3,(H2,22,23,24,25,26). The van der Waals surface area contributed by atoms with Crippen LogP contribution in [0.3, 0.4) is 0 Å². The maximum Gasteiger partial charge on any atom is 0.257 e. The average Bonchev–Trinajstić information content (AvgIpc) is 2.61. The summed E-state index contributed by atoms with van der Waals surface area (Å²) in [5.74, 6) is 0.393. The minimum atomic E-state index is -0.291. The van der Waals surface area contributed by atoms with E-state index in [2.05, 4.69) is 21.4 Å². The number of nitrogens with zero attached hydrogens (tertiary/aromatic N) is 1. The molecule has 2 heterocycles. The van der Waals surface area contributed by atoms with Crippen LogP contribution in [0.5, 0.6) is 0 Å². The molecule has 0 spiro atoms. The van der Waals surface area contributed by atoms with Crippen molar-refractivity contribution >= 4 is 11.7 Å². The number of hydrogen-bond acceptors (Lipinski definition) is 3. The van der Waals surface area contributed by atoms with E-state index in [-0.39, 0.29) is 23.8 Å². The van der Waals surface area contributed by atoms with Crippen LogP contribution in [0.2, 0.25) is 0 Å². The van der Waals surface area contributed by atoms with E-state index < -0.39 is 0 Å². The van der Waals surface area contributed by atoms with E-state index in [0.29, 0.717) is 17.2 Å². The van der Waals surface area contributed by atoms with Crippen LogP contribution in [0.1, 0.15) is 34.6 Å². The first-order valence-electron chi connectivity index (χ1n) is 8.59. The number of benzene rings is 2. The second-order valence-corrected chi connectivity index (χ2v) is 6.71. The van der Waals surface area contributed by atoms with Gasteiger partial charge in [-0.05, 0) is 25.0 Å². The maximum atomic E-state index is 12.9. The van der Waals surface area contributed by atoms with E-state index in [1.807, 2.05) is 56.3 Å². The van der Waals surface area contributed by atoms with Crippen LogP contribution in [0.4, 0.5) is 5.82 Å². The van der Waals surface area contributed by atoms with Crippen LogP contribution in [0, 0.1) is 13.8 Å². The zero-order chi connectivity index (χ0) is 18.3. The molecule has 2 aromatic carbocycles. The number of amides is 1. The Bertz CT molecular complexity index is 1050. The number of carbonyl (C=O) groups is 1. The van der Waals surface area contributed by atoms with Gasteiger partial charge < -0.3 is 10.3 Å². The molecule has 0 saturated heterocycles. The number of carbonyl (C=O) groups excluding carboxylic acids is 1. The Morgan fingerprint density at radius 2 is 1.81 bits per heavy atom. The highest BCUT2D eigenvalue weighted by Gasteiger charge is 2.31. The van der Waals surface area contributed by atoms with Gasteiger partial charge in [0.05, 0.1) is 5.56 Å². The second kappa shape index (κ2) is 6.26. The second-order valence-electron chi connectivity index (χ2n) is 6.71. The Labute approximate surface area is 151 Å². The number of aryl methyl sites for hydroxylation is 2. The molecule has 1 unspecified atom stereocenters. The summed E-state index contributed by atoms with van der Waals surface area (Å²) in [7, 11) is 0. The first-order chi connectivity index (χ1) is 12.5. The van der Waals surface area contributed by atoms with E-state index >= 15 is 0 Å². The highest BCUT2D eigenvalue weighted by Crippen LogP contribution is 2.36. The third-order valence-electron chi connectivity index (χ3n) is 4.80. The monoisotopic (exact) mass is 345 g/mol. The zero-order valence-corrected chi connectivity index (χ0v) is 14.7. The Balaban J connectivity index is 1.88. The number of aromatic amines is 1. The number of fused-ring (bicyclic) bond motifs is 1. The van der Waals surface area contributed by atoms with Gasteiger partial charge >= 0.3 is 0 Å². The fraction of sp³-hybridized carbons (Fsp3) is 0.190. The zero-order valence-electron chi connectivity index (χ0n) is 14.7. The van der Waals surface area contributed by atoms with Gasteiger partial charge in [0, 0.05) is 17.9 Å². The quantitative estimate of drug-likeness (QED) is 0.746. The first kappa shape index (κ1) is 16.3. The molecule has 2 N–H and O–H groups in total. The predicted molar refractivity (Wildman–Crippen MR) is 101 cm³/mol. The van der Waals surface area contributed by atoms with Crippen molar-refractivity contribution < 1.29 is 4.79 Å².